The van der Waals surface area contributed by atoms with Crippen molar-refractivity contribution in [1.82, 2.24) is 0 Å². The third-order valence-electron chi connectivity index (χ3n) is 4.23. The van der Waals surface area contributed by atoms with Gasteiger partial charge in [0.05, 0.1) is 12.1 Å². The molecule has 1 aliphatic heterocycles. The molecule has 1 N–H and O–H groups in total. The van der Waals surface area contributed by atoms with E-state index in [1.165, 1.54) is 4.90 Å². The Morgan fingerprint density at radius 3 is 2.64 bits per heavy atom. The van der Waals surface area contributed by atoms with Crippen LogP contribution in [-0.4, -0.2) is 23.3 Å². The third-order valence-corrected chi connectivity index (χ3v) is 4.72. The highest BCUT2D eigenvalue weighted by Gasteiger charge is 2.50. The number of hydrogen-bond acceptors (Lipinski definition) is 3. The molecule has 128 valence electrons. The van der Waals surface area contributed by atoms with E-state index in [1.54, 1.807) is 42.5 Å². The molecule has 2 aromatic carbocycles. The summed E-state index contributed by atoms with van der Waals surface area (Å²) in [6, 6.07) is 14.0. The van der Waals surface area contributed by atoms with Crippen LogP contribution in [0.5, 0.6) is 0 Å². The van der Waals surface area contributed by atoms with Crippen LogP contribution in [0.2, 0.25) is 0 Å². The van der Waals surface area contributed by atoms with Gasteiger partial charge >= 0.3 is 0 Å². The molecule has 0 saturated heterocycles. The van der Waals surface area contributed by atoms with Crippen LogP contribution in [-0.2, 0) is 10.4 Å². The highest BCUT2D eigenvalue weighted by Crippen LogP contribution is 2.43. The fraction of sp³-hybridized carbons (Fsp3) is 0.200. The molecule has 2 aromatic rings. The van der Waals surface area contributed by atoms with Crippen LogP contribution in [0.1, 0.15) is 29.3 Å². The maximum absolute atomic E-state index is 12.9. The highest BCUT2D eigenvalue weighted by molar-refractivity contribution is 9.10. The Bertz CT molecular complexity index is 877. The molecule has 0 unspecified atom stereocenters. The zero-order chi connectivity index (χ0) is 18.2. The summed E-state index contributed by atoms with van der Waals surface area (Å²) in [5.74, 6) is -0.774. The number of aliphatic hydroxyl groups is 1. The first-order chi connectivity index (χ1) is 11.8. The Balaban J connectivity index is 1.98. The maximum Gasteiger partial charge on any atom is 0.264 e. The molecule has 0 spiro atoms. The molecule has 1 amide bonds. The minimum absolute atomic E-state index is 0.288. The van der Waals surface area contributed by atoms with Gasteiger partial charge in [0.1, 0.15) is 0 Å². The molecular formula is C20H18BrNO3. The second-order valence-corrected chi connectivity index (χ2v) is 7.25. The molecule has 4 nitrogen and oxygen atoms in total. The summed E-state index contributed by atoms with van der Waals surface area (Å²) in [5, 5.41) is 11.1. The van der Waals surface area contributed by atoms with Crippen molar-refractivity contribution in [3.8, 4) is 0 Å². The topological polar surface area (TPSA) is 57.6 Å². The number of benzene rings is 2. The number of carbonyl (C=O) groups excluding carboxylic acids is 2. The van der Waals surface area contributed by atoms with Gasteiger partial charge in [0.25, 0.3) is 5.91 Å². The van der Waals surface area contributed by atoms with E-state index in [2.05, 4.69) is 22.5 Å². The Morgan fingerprint density at radius 2 is 1.96 bits per heavy atom. The second-order valence-electron chi connectivity index (χ2n) is 6.34. The van der Waals surface area contributed by atoms with Gasteiger partial charge in [-0.25, -0.2) is 0 Å². The van der Waals surface area contributed by atoms with Gasteiger partial charge in [-0.05, 0) is 25.1 Å². The Kier molecular flexibility index (Phi) is 4.62. The number of anilines is 1. The monoisotopic (exact) mass is 399 g/mol. The lowest BCUT2D eigenvalue weighted by molar-refractivity contribution is -0.135. The predicted octanol–water partition coefficient (Wildman–Crippen LogP) is 3.83. The molecule has 0 saturated carbocycles. The van der Waals surface area contributed by atoms with E-state index in [9.17, 15) is 14.7 Å². The van der Waals surface area contributed by atoms with Crippen molar-refractivity contribution < 1.29 is 14.7 Å². The van der Waals surface area contributed by atoms with Gasteiger partial charge in [-0.2, -0.15) is 0 Å². The number of hydrogen-bond donors (Lipinski definition) is 1. The highest BCUT2D eigenvalue weighted by atomic mass is 79.9. The summed E-state index contributed by atoms with van der Waals surface area (Å²) in [5.41, 5.74) is 0.479. The Hall–Kier alpha value is -2.24. The number of nitrogens with zero attached hydrogens (tertiary/aromatic N) is 1. The number of rotatable bonds is 5. The second kappa shape index (κ2) is 6.58. The first kappa shape index (κ1) is 17.6. The van der Waals surface area contributed by atoms with E-state index in [0.29, 0.717) is 23.4 Å². The van der Waals surface area contributed by atoms with E-state index >= 15 is 0 Å². The van der Waals surface area contributed by atoms with Crippen molar-refractivity contribution in [2.24, 2.45) is 0 Å². The van der Waals surface area contributed by atoms with Crippen LogP contribution in [0.25, 0.3) is 0 Å². The van der Waals surface area contributed by atoms with Crippen LogP contribution in [0.15, 0.2) is 65.2 Å². The van der Waals surface area contributed by atoms with Crippen molar-refractivity contribution in [2.75, 3.05) is 11.4 Å². The van der Waals surface area contributed by atoms with Crippen molar-refractivity contribution in [3.63, 3.8) is 0 Å². The largest absolute Gasteiger partial charge is 0.375 e. The summed E-state index contributed by atoms with van der Waals surface area (Å²) in [7, 11) is 0. The van der Waals surface area contributed by atoms with Crippen LogP contribution < -0.4 is 4.90 Å². The third kappa shape index (κ3) is 3.17. The molecule has 0 fully saturated rings. The number of ketones is 1. The van der Waals surface area contributed by atoms with E-state index in [0.717, 1.165) is 10.0 Å². The summed E-state index contributed by atoms with van der Waals surface area (Å²) in [6.45, 7) is 5.97. The number of amides is 1. The lowest BCUT2D eigenvalue weighted by atomic mass is 9.88. The summed E-state index contributed by atoms with van der Waals surface area (Å²) in [6.07, 6.45) is -0.300. The quantitative estimate of drug-likeness (QED) is 0.613. The van der Waals surface area contributed by atoms with Crippen molar-refractivity contribution >= 4 is 33.3 Å². The number of carbonyl (C=O) groups is 2. The number of fused-ring (bicyclic) bond motifs is 1. The fourth-order valence-electron chi connectivity index (χ4n) is 3.10. The van der Waals surface area contributed by atoms with Crippen LogP contribution in [0, 0.1) is 0 Å². The molecular weight excluding hydrogens is 382 g/mol. The van der Waals surface area contributed by atoms with E-state index in [4.69, 9.17) is 0 Å². The molecule has 0 radical (unpaired) electrons. The van der Waals surface area contributed by atoms with Crippen molar-refractivity contribution in [2.45, 2.75) is 18.9 Å². The zero-order valence-corrected chi connectivity index (χ0v) is 15.4. The van der Waals surface area contributed by atoms with Crippen molar-refractivity contribution in [1.29, 1.82) is 0 Å². The van der Waals surface area contributed by atoms with Gasteiger partial charge in [-0.15, -0.1) is 0 Å². The summed E-state index contributed by atoms with van der Waals surface area (Å²) < 4.78 is 0.771. The zero-order valence-electron chi connectivity index (χ0n) is 13.8. The molecule has 5 heteroatoms. The first-order valence-corrected chi connectivity index (χ1v) is 8.69. The van der Waals surface area contributed by atoms with Crippen LogP contribution >= 0.6 is 15.9 Å². The Morgan fingerprint density at radius 1 is 1.24 bits per heavy atom. The number of Topliss-reactive ketones (excluding diaryl/α,β-unsaturated/α-hetero) is 1. The summed E-state index contributed by atoms with van der Waals surface area (Å²) >= 11 is 3.33. The summed E-state index contributed by atoms with van der Waals surface area (Å²) in [4.78, 5) is 27.1. The Labute approximate surface area is 154 Å². The standard InChI is InChI=1S/C20H18BrNO3/c1-13(2)12-22-17-9-4-3-8-16(17)20(25,19(22)24)11-18(23)14-6-5-7-15(21)10-14/h3-10,25H,1,11-12H2,2H3/t20-/m1/s1. The minimum Gasteiger partial charge on any atom is -0.375 e. The lowest BCUT2D eigenvalue weighted by Crippen LogP contribution is -2.42. The SMILES string of the molecule is C=C(C)CN1C(=O)[C@@](O)(CC(=O)c2cccc(Br)c2)c2ccccc21. The van der Waals surface area contributed by atoms with Gasteiger partial charge < -0.3 is 10.0 Å². The van der Waals surface area contributed by atoms with Gasteiger partial charge in [-0.1, -0.05) is 58.4 Å². The van der Waals surface area contributed by atoms with E-state index in [1.807, 2.05) is 13.0 Å². The average molecular weight is 400 g/mol. The predicted molar refractivity (Wildman–Crippen MR) is 101 cm³/mol. The average Bonchev–Trinajstić information content (AvgIpc) is 2.77. The number of halogens is 1. The van der Waals surface area contributed by atoms with Gasteiger partial charge in [0, 0.05) is 22.1 Å². The molecule has 3 rings (SSSR count). The minimum atomic E-state index is -1.86. The maximum atomic E-state index is 12.9. The van der Waals surface area contributed by atoms with Crippen LogP contribution in [0.3, 0.4) is 0 Å². The van der Waals surface area contributed by atoms with E-state index in [-0.39, 0.29) is 12.2 Å². The number of para-hydroxylation sites is 1. The van der Waals surface area contributed by atoms with Crippen LogP contribution in [0.4, 0.5) is 5.69 Å². The molecule has 0 aliphatic carbocycles. The molecule has 0 aromatic heterocycles. The molecule has 1 heterocycles. The van der Waals surface area contributed by atoms with Gasteiger partial charge in [0.15, 0.2) is 11.4 Å². The van der Waals surface area contributed by atoms with Gasteiger partial charge in [-0.3, -0.25) is 9.59 Å². The first-order valence-electron chi connectivity index (χ1n) is 7.90. The normalized spacial score (nSPS) is 19.0. The lowest BCUT2D eigenvalue weighted by Gasteiger charge is -2.23. The molecule has 25 heavy (non-hydrogen) atoms. The van der Waals surface area contributed by atoms with E-state index < -0.39 is 11.5 Å². The fourth-order valence-corrected chi connectivity index (χ4v) is 3.50. The molecule has 0 bridgehead atoms. The smallest absolute Gasteiger partial charge is 0.264 e. The van der Waals surface area contributed by atoms with Gasteiger partial charge in [0.2, 0.25) is 0 Å². The molecule has 1 aliphatic rings. The van der Waals surface area contributed by atoms with Crippen molar-refractivity contribution in [3.05, 3.63) is 76.3 Å². The molecule has 1 atom stereocenters.